The zero-order valence-corrected chi connectivity index (χ0v) is 14.5. The second-order valence-corrected chi connectivity index (χ2v) is 6.36. The van der Waals surface area contributed by atoms with Gasteiger partial charge in [-0.2, -0.15) is 5.10 Å². The number of aromatic nitrogens is 2. The molecule has 0 radical (unpaired) electrons. The molecule has 1 heterocycles. The van der Waals surface area contributed by atoms with Crippen LogP contribution in [-0.2, 0) is 0 Å². The highest BCUT2D eigenvalue weighted by Crippen LogP contribution is 2.32. The second-order valence-electron chi connectivity index (χ2n) is 6.36. The lowest BCUT2D eigenvalue weighted by Crippen LogP contribution is -1.93. The Hall–Kier alpha value is -3.13. The Labute approximate surface area is 148 Å². The molecule has 0 atom stereocenters. The van der Waals surface area contributed by atoms with Gasteiger partial charge in [0, 0.05) is 11.8 Å². The van der Waals surface area contributed by atoms with Crippen molar-refractivity contribution in [3.05, 3.63) is 96.3 Å². The molecule has 0 aliphatic heterocycles. The Morgan fingerprint density at radius 1 is 0.680 bits per heavy atom. The Morgan fingerprint density at radius 2 is 1.28 bits per heavy atom. The van der Waals surface area contributed by atoms with Crippen molar-refractivity contribution in [1.29, 1.82) is 0 Å². The van der Waals surface area contributed by atoms with Crippen molar-refractivity contribution < 1.29 is 0 Å². The fourth-order valence-corrected chi connectivity index (χ4v) is 3.39. The molecule has 0 saturated heterocycles. The quantitative estimate of drug-likeness (QED) is 0.464. The summed E-state index contributed by atoms with van der Waals surface area (Å²) in [4.78, 5) is 0. The summed E-state index contributed by atoms with van der Waals surface area (Å²) in [5.74, 6) is 0. The summed E-state index contributed by atoms with van der Waals surface area (Å²) in [5.41, 5.74) is 8.54. The van der Waals surface area contributed by atoms with Crippen molar-refractivity contribution in [2.24, 2.45) is 0 Å². The molecule has 0 saturated carbocycles. The number of hydrogen-bond donors (Lipinski definition) is 0. The van der Waals surface area contributed by atoms with E-state index in [1.165, 1.54) is 27.8 Å². The van der Waals surface area contributed by atoms with Crippen LogP contribution in [0.4, 0.5) is 0 Å². The molecular formula is C23H20N2. The molecule has 3 aromatic carbocycles. The van der Waals surface area contributed by atoms with Gasteiger partial charge in [-0.25, -0.2) is 4.68 Å². The Bertz CT molecular complexity index is 976. The van der Waals surface area contributed by atoms with Crippen LogP contribution in [0.1, 0.15) is 11.1 Å². The lowest BCUT2D eigenvalue weighted by molar-refractivity contribution is 0.881. The first-order valence-electron chi connectivity index (χ1n) is 8.49. The van der Waals surface area contributed by atoms with Gasteiger partial charge in [-0.1, -0.05) is 60.7 Å². The molecule has 0 amide bonds. The summed E-state index contributed by atoms with van der Waals surface area (Å²) >= 11 is 0. The fraction of sp³-hybridized carbons (Fsp3) is 0.0870. The van der Waals surface area contributed by atoms with Gasteiger partial charge in [-0.3, -0.25) is 0 Å². The molecule has 1 aromatic heterocycles. The average Bonchev–Trinajstić information content (AvgIpc) is 3.12. The molecule has 0 fully saturated rings. The third-order valence-corrected chi connectivity index (χ3v) is 4.53. The minimum absolute atomic E-state index is 1.07. The first kappa shape index (κ1) is 15.4. The van der Waals surface area contributed by atoms with E-state index in [1.54, 1.807) is 0 Å². The number of para-hydroxylation sites is 1. The molecule has 4 aromatic rings. The van der Waals surface area contributed by atoms with Crippen molar-refractivity contribution in [2.45, 2.75) is 13.8 Å². The molecule has 2 nitrogen and oxygen atoms in total. The SMILES string of the molecule is Cc1cc(-c2ccccc2)cc(C)c1-c1cnn(-c2ccccc2)c1. The molecule has 4 rings (SSSR count). The highest BCUT2D eigenvalue weighted by atomic mass is 15.3. The predicted molar refractivity (Wildman–Crippen MR) is 104 cm³/mol. The number of nitrogens with zero attached hydrogens (tertiary/aromatic N) is 2. The van der Waals surface area contributed by atoms with Gasteiger partial charge in [0.15, 0.2) is 0 Å². The third-order valence-electron chi connectivity index (χ3n) is 4.53. The largest absolute Gasteiger partial charge is 0.240 e. The predicted octanol–water partition coefficient (Wildman–Crippen LogP) is 5.82. The molecule has 25 heavy (non-hydrogen) atoms. The smallest absolute Gasteiger partial charge is 0.0645 e. The molecule has 2 heteroatoms. The first-order chi connectivity index (χ1) is 12.2. The zero-order valence-electron chi connectivity index (χ0n) is 14.5. The van der Waals surface area contributed by atoms with Crippen LogP contribution < -0.4 is 0 Å². The van der Waals surface area contributed by atoms with Gasteiger partial charge in [0.25, 0.3) is 0 Å². The Morgan fingerprint density at radius 3 is 1.92 bits per heavy atom. The van der Waals surface area contributed by atoms with Crippen molar-refractivity contribution in [3.8, 4) is 27.9 Å². The van der Waals surface area contributed by atoms with Gasteiger partial charge in [0.05, 0.1) is 11.9 Å². The van der Waals surface area contributed by atoms with Crippen LogP contribution >= 0.6 is 0 Å². The van der Waals surface area contributed by atoms with Gasteiger partial charge >= 0.3 is 0 Å². The summed E-state index contributed by atoms with van der Waals surface area (Å²) in [6.07, 6.45) is 4.05. The van der Waals surface area contributed by atoms with Crippen molar-refractivity contribution in [1.82, 2.24) is 9.78 Å². The van der Waals surface area contributed by atoms with Gasteiger partial charge in [-0.15, -0.1) is 0 Å². The summed E-state index contributed by atoms with van der Waals surface area (Å²) in [7, 11) is 0. The molecule has 0 aliphatic carbocycles. The van der Waals surface area contributed by atoms with Crippen molar-refractivity contribution >= 4 is 0 Å². The zero-order chi connectivity index (χ0) is 17.2. The van der Waals surface area contributed by atoms with E-state index in [9.17, 15) is 0 Å². The number of benzene rings is 3. The van der Waals surface area contributed by atoms with E-state index in [0.717, 1.165) is 11.3 Å². The monoisotopic (exact) mass is 324 g/mol. The number of hydrogen-bond acceptors (Lipinski definition) is 1. The van der Waals surface area contributed by atoms with Crippen molar-refractivity contribution in [3.63, 3.8) is 0 Å². The Balaban J connectivity index is 1.76. The molecule has 0 N–H and O–H groups in total. The molecule has 0 bridgehead atoms. The van der Waals surface area contributed by atoms with E-state index in [0.29, 0.717) is 0 Å². The van der Waals surface area contributed by atoms with E-state index in [-0.39, 0.29) is 0 Å². The Kier molecular flexibility index (Phi) is 3.95. The summed E-state index contributed by atoms with van der Waals surface area (Å²) in [5, 5.41) is 4.54. The van der Waals surface area contributed by atoms with E-state index < -0.39 is 0 Å². The summed E-state index contributed by atoms with van der Waals surface area (Å²) < 4.78 is 1.93. The summed E-state index contributed by atoms with van der Waals surface area (Å²) in [6.45, 7) is 4.35. The van der Waals surface area contributed by atoms with Crippen LogP contribution in [0.2, 0.25) is 0 Å². The third kappa shape index (κ3) is 2.99. The minimum atomic E-state index is 1.07. The standard InChI is InChI=1S/C23H20N2/c1-17-13-20(19-9-5-3-6-10-19)14-18(2)23(17)21-15-24-25(16-21)22-11-7-4-8-12-22/h3-16H,1-2H3. The fourth-order valence-electron chi connectivity index (χ4n) is 3.39. The maximum Gasteiger partial charge on any atom is 0.0645 e. The highest BCUT2D eigenvalue weighted by Gasteiger charge is 2.11. The van der Waals surface area contributed by atoms with Crippen LogP contribution in [0.3, 0.4) is 0 Å². The molecule has 0 unspecified atom stereocenters. The molecular weight excluding hydrogens is 304 g/mol. The maximum atomic E-state index is 4.54. The lowest BCUT2D eigenvalue weighted by Gasteiger charge is -2.12. The van der Waals surface area contributed by atoms with Crippen LogP contribution in [0.25, 0.3) is 27.9 Å². The maximum absolute atomic E-state index is 4.54. The molecule has 0 aliphatic rings. The van der Waals surface area contributed by atoms with E-state index >= 15 is 0 Å². The molecule has 122 valence electrons. The average molecular weight is 324 g/mol. The summed E-state index contributed by atoms with van der Waals surface area (Å²) in [6, 6.07) is 25.3. The normalized spacial score (nSPS) is 10.8. The van der Waals surface area contributed by atoms with E-state index in [1.807, 2.05) is 29.1 Å². The van der Waals surface area contributed by atoms with Gasteiger partial charge < -0.3 is 0 Å². The van der Waals surface area contributed by atoms with Crippen LogP contribution in [0, 0.1) is 13.8 Å². The number of rotatable bonds is 3. The second kappa shape index (κ2) is 6.40. The highest BCUT2D eigenvalue weighted by molar-refractivity contribution is 5.76. The van der Waals surface area contributed by atoms with Crippen LogP contribution in [0.15, 0.2) is 85.2 Å². The van der Waals surface area contributed by atoms with Crippen LogP contribution in [-0.4, -0.2) is 9.78 Å². The lowest BCUT2D eigenvalue weighted by atomic mass is 9.93. The number of aryl methyl sites for hydroxylation is 2. The van der Waals surface area contributed by atoms with E-state index in [4.69, 9.17) is 0 Å². The molecule has 0 spiro atoms. The van der Waals surface area contributed by atoms with Gasteiger partial charge in [0.2, 0.25) is 0 Å². The van der Waals surface area contributed by atoms with Gasteiger partial charge in [-0.05, 0) is 53.8 Å². The topological polar surface area (TPSA) is 17.8 Å². The van der Waals surface area contributed by atoms with Crippen molar-refractivity contribution in [2.75, 3.05) is 0 Å². The van der Waals surface area contributed by atoms with Gasteiger partial charge in [0.1, 0.15) is 0 Å². The van der Waals surface area contributed by atoms with E-state index in [2.05, 4.69) is 79.7 Å². The minimum Gasteiger partial charge on any atom is -0.240 e. The first-order valence-corrected chi connectivity index (χ1v) is 8.49. The van der Waals surface area contributed by atoms with Crippen LogP contribution in [0.5, 0.6) is 0 Å².